The second kappa shape index (κ2) is 5.86. The van der Waals surface area contributed by atoms with Gasteiger partial charge in [0.1, 0.15) is 0 Å². The van der Waals surface area contributed by atoms with Crippen LogP contribution in [0.15, 0.2) is 12.4 Å². The molecule has 0 amide bonds. The third-order valence-electron chi connectivity index (χ3n) is 4.97. The Bertz CT molecular complexity index is 439. The van der Waals surface area contributed by atoms with Crippen LogP contribution in [0.4, 0.5) is 0 Å². The molecule has 2 fully saturated rings. The Hall–Kier alpha value is -0.870. The van der Waals surface area contributed by atoms with Crippen molar-refractivity contribution in [3.63, 3.8) is 0 Å². The molecule has 1 aliphatic carbocycles. The van der Waals surface area contributed by atoms with E-state index in [1.54, 1.807) is 0 Å². The maximum atomic E-state index is 6.08. The van der Waals surface area contributed by atoms with E-state index in [1.807, 2.05) is 17.9 Å². The van der Waals surface area contributed by atoms with Gasteiger partial charge in [0.15, 0.2) is 0 Å². The number of ether oxygens (including phenoxy) is 1. The van der Waals surface area contributed by atoms with Gasteiger partial charge in [-0.3, -0.25) is 4.68 Å². The molecule has 1 spiro atoms. The first-order valence-corrected chi connectivity index (χ1v) is 8.08. The summed E-state index contributed by atoms with van der Waals surface area (Å²) in [6.45, 7) is 4.23. The summed E-state index contributed by atoms with van der Waals surface area (Å²) < 4.78 is 7.99. The summed E-state index contributed by atoms with van der Waals surface area (Å²) in [6.07, 6.45) is 11.6. The van der Waals surface area contributed by atoms with Crippen LogP contribution in [0, 0.1) is 5.92 Å². The van der Waals surface area contributed by atoms with E-state index in [2.05, 4.69) is 23.5 Å². The van der Waals surface area contributed by atoms with Crippen LogP contribution in [0.5, 0.6) is 0 Å². The summed E-state index contributed by atoms with van der Waals surface area (Å²) >= 11 is 0. The van der Waals surface area contributed by atoms with E-state index in [0.29, 0.717) is 12.0 Å². The van der Waals surface area contributed by atoms with Crippen LogP contribution in [-0.4, -0.2) is 28.5 Å². The fourth-order valence-corrected chi connectivity index (χ4v) is 3.73. The molecule has 1 saturated heterocycles. The normalized spacial score (nSPS) is 26.4. The molecule has 0 aromatic carbocycles. The Labute approximate surface area is 121 Å². The first-order chi connectivity index (χ1) is 9.72. The van der Waals surface area contributed by atoms with Crippen LogP contribution in [-0.2, 0) is 11.8 Å². The van der Waals surface area contributed by atoms with Gasteiger partial charge in [-0.25, -0.2) is 0 Å². The molecule has 2 unspecified atom stereocenters. The highest BCUT2D eigenvalue weighted by Gasteiger charge is 2.44. The molecule has 2 heterocycles. The van der Waals surface area contributed by atoms with Crippen LogP contribution in [0.3, 0.4) is 0 Å². The van der Waals surface area contributed by atoms with Crippen LogP contribution >= 0.6 is 0 Å². The standard InChI is InChI=1S/C16H27N3O/c1-3-8-17-15(14-11-18-19(2)12-14)13-5-9-20-16(10-13)6-4-7-16/h11-13,15,17H,3-10H2,1-2H3. The van der Waals surface area contributed by atoms with Gasteiger partial charge in [-0.05, 0) is 51.0 Å². The number of aromatic nitrogens is 2. The molecule has 4 heteroatoms. The molecule has 112 valence electrons. The van der Waals surface area contributed by atoms with E-state index >= 15 is 0 Å². The SMILES string of the molecule is CCCNC(c1cnn(C)c1)C1CCOC2(CCC2)C1. The van der Waals surface area contributed by atoms with Crippen molar-refractivity contribution in [1.82, 2.24) is 15.1 Å². The third kappa shape index (κ3) is 2.77. The lowest BCUT2D eigenvalue weighted by Gasteiger charge is -2.48. The zero-order valence-corrected chi connectivity index (χ0v) is 12.8. The number of rotatable bonds is 5. The van der Waals surface area contributed by atoms with Gasteiger partial charge in [0.2, 0.25) is 0 Å². The number of hydrogen-bond acceptors (Lipinski definition) is 3. The lowest BCUT2D eigenvalue weighted by Crippen LogP contribution is -2.48. The van der Waals surface area contributed by atoms with Crippen molar-refractivity contribution in [1.29, 1.82) is 0 Å². The molecule has 2 atom stereocenters. The Morgan fingerprint density at radius 2 is 2.40 bits per heavy atom. The molecule has 3 rings (SSSR count). The largest absolute Gasteiger partial charge is 0.375 e. The van der Waals surface area contributed by atoms with Crippen molar-refractivity contribution in [2.45, 2.75) is 57.1 Å². The maximum Gasteiger partial charge on any atom is 0.0686 e. The molecule has 1 aliphatic heterocycles. The molecule has 2 aliphatic rings. The van der Waals surface area contributed by atoms with Crippen LogP contribution in [0.25, 0.3) is 0 Å². The molecule has 0 radical (unpaired) electrons. The lowest BCUT2D eigenvalue weighted by atomic mass is 9.70. The van der Waals surface area contributed by atoms with E-state index in [9.17, 15) is 0 Å². The quantitative estimate of drug-likeness (QED) is 0.899. The van der Waals surface area contributed by atoms with Gasteiger partial charge in [0.25, 0.3) is 0 Å². The topological polar surface area (TPSA) is 39.1 Å². The average Bonchev–Trinajstić information content (AvgIpc) is 2.84. The van der Waals surface area contributed by atoms with E-state index < -0.39 is 0 Å². The maximum absolute atomic E-state index is 6.08. The first-order valence-electron chi connectivity index (χ1n) is 8.08. The van der Waals surface area contributed by atoms with Crippen molar-refractivity contribution in [3.05, 3.63) is 18.0 Å². The number of nitrogens with zero attached hydrogens (tertiary/aromatic N) is 2. The van der Waals surface area contributed by atoms with Crippen molar-refractivity contribution < 1.29 is 4.74 Å². The second-order valence-corrected chi connectivity index (χ2v) is 6.52. The van der Waals surface area contributed by atoms with E-state index in [1.165, 1.54) is 37.7 Å². The summed E-state index contributed by atoms with van der Waals surface area (Å²) in [4.78, 5) is 0. The van der Waals surface area contributed by atoms with Gasteiger partial charge in [0, 0.05) is 31.5 Å². The molecule has 1 aromatic rings. The Morgan fingerprint density at radius 3 is 3.00 bits per heavy atom. The molecular formula is C16H27N3O. The number of nitrogens with one attached hydrogen (secondary N) is 1. The predicted octanol–water partition coefficient (Wildman–Crippen LogP) is 2.81. The summed E-state index contributed by atoms with van der Waals surface area (Å²) in [6, 6.07) is 0.435. The molecule has 1 saturated carbocycles. The Kier molecular flexibility index (Phi) is 4.13. The highest BCUT2D eigenvalue weighted by molar-refractivity contribution is 5.13. The van der Waals surface area contributed by atoms with Crippen LogP contribution in [0.2, 0.25) is 0 Å². The molecule has 0 bridgehead atoms. The minimum atomic E-state index is 0.220. The van der Waals surface area contributed by atoms with Crippen LogP contribution < -0.4 is 5.32 Å². The van der Waals surface area contributed by atoms with Gasteiger partial charge in [-0.1, -0.05) is 6.92 Å². The zero-order valence-electron chi connectivity index (χ0n) is 12.8. The molecule has 1 N–H and O–H groups in total. The van der Waals surface area contributed by atoms with Gasteiger partial charge >= 0.3 is 0 Å². The Morgan fingerprint density at radius 1 is 1.55 bits per heavy atom. The van der Waals surface area contributed by atoms with Crippen molar-refractivity contribution in [2.24, 2.45) is 13.0 Å². The van der Waals surface area contributed by atoms with Crippen LogP contribution in [0.1, 0.15) is 57.1 Å². The predicted molar refractivity (Wildman–Crippen MR) is 79.5 cm³/mol. The highest BCUT2D eigenvalue weighted by Crippen LogP contribution is 2.47. The molecule has 4 nitrogen and oxygen atoms in total. The molecule has 1 aromatic heterocycles. The summed E-state index contributed by atoms with van der Waals surface area (Å²) in [5, 5.41) is 8.10. The summed E-state index contributed by atoms with van der Waals surface area (Å²) in [5.74, 6) is 0.680. The highest BCUT2D eigenvalue weighted by atomic mass is 16.5. The number of hydrogen-bond donors (Lipinski definition) is 1. The van der Waals surface area contributed by atoms with Gasteiger partial charge in [0.05, 0.1) is 11.8 Å². The van der Waals surface area contributed by atoms with E-state index in [0.717, 1.165) is 19.6 Å². The zero-order chi connectivity index (χ0) is 14.0. The fraction of sp³-hybridized carbons (Fsp3) is 0.812. The molecule has 20 heavy (non-hydrogen) atoms. The van der Waals surface area contributed by atoms with E-state index in [-0.39, 0.29) is 5.60 Å². The van der Waals surface area contributed by atoms with Gasteiger partial charge in [-0.15, -0.1) is 0 Å². The fourth-order valence-electron chi connectivity index (χ4n) is 3.73. The third-order valence-corrected chi connectivity index (χ3v) is 4.97. The average molecular weight is 277 g/mol. The van der Waals surface area contributed by atoms with Crippen molar-refractivity contribution in [3.8, 4) is 0 Å². The smallest absolute Gasteiger partial charge is 0.0686 e. The second-order valence-electron chi connectivity index (χ2n) is 6.52. The first kappa shape index (κ1) is 14.1. The number of aryl methyl sites for hydroxylation is 1. The summed E-state index contributed by atoms with van der Waals surface area (Å²) in [5.41, 5.74) is 1.55. The molecular weight excluding hydrogens is 250 g/mol. The Balaban J connectivity index is 1.74. The van der Waals surface area contributed by atoms with E-state index in [4.69, 9.17) is 4.74 Å². The lowest BCUT2D eigenvalue weighted by molar-refractivity contribution is -0.147. The minimum Gasteiger partial charge on any atom is -0.375 e. The van der Waals surface area contributed by atoms with Crippen molar-refractivity contribution in [2.75, 3.05) is 13.2 Å². The van der Waals surface area contributed by atoms with Gasteiger partial charge < -0.3 is 10.1 Å². The van der Waals surface area contributed by atoms with Crippen molar-refractivity contribution >= 4 is 0 Å². The summed E-state index contributed by atoms with van der Waals surface area (Å²) in [7, 11) is 2.00. The van der Waals surface area contributed by atoms with Gasteiger partial charge in [-0.2, -0.15) is 5.10 Å². The minimum absolute atomic E-state index is 0.220. The monoisotopic (exact) mass is 277 g/mol.